The fourth-order valence-corrected chi connectivity index (χ4v) is 3.37. The Kier molecular flexibility index (Phi) is 3.75. The van der Waals surface area contributed by atoms with Crippen LogP contribution >= 0.6 is 34.3 Å². The molecule has 0 radical (unpaired) electrons. The molecule has 80 valence electrons. The van der Waals surface area contributed by atoms with Gasteiger partial charge >= 0.3 is 0 Å². The van der Waals surface area contributed by atoms with E-state index >= 15 is 0 Å². The van der Waals surface area contributed by atoms with Crippen molar-refractivity contribution in [1.82, 2.24) is 10.3 Å². The second-order valence-electron chi connectivity index (χ2n) is 3.10. The van der Waals surface area contributed by atoms with Crippen molar-refractivity contribution < 1.29 is 0 Å². The number of halogens is 1. The second-order valence-corrected chi connectivity index (χ2v) is 5.44. The minimum atomic E-state index is 0.267. The van der Waals surface area contributed by atoms with Gasteiger partial charge in [0, 0.05) is 28.9 Å². The van der Waals surface area contributed by atoms with Gasteiger partial charge in [-0.05, 0) is 18.5 Å². The molecule has 0 aromatic carbocycles. The average molecular weight is 259 g/mol. The molecule has 0 amide bonds. The molecule has 0 aliphatic carbocycles. The third kappa shape index (κ3) is 2.58. The van der Waals surface area contributed by atoms with Gasteiger partial charge in [-0.25, -0.2) is 4.98 Å². The Bertz CT molecular complexity index is 411. The molecule has 1 N–H and O–H groups in total. The van der Waals surface area contributed by atoms with Crippen LogP contribution in [0.15, 0.2) is 23.0 Å². The summed E-state index contributed by atoms with van der Waals surface area (Å²) in [5, 5.41) is 9.27. The van der Waals surface area contributed by atoms with Gasteiger partial charge in [0.2, 0.25) is 0 Å². The molecule has 0 aliphatic rings. The molecule has 0 spiro atoms. The highest BCUT2D eigenvalue weighted by molar-refractivity contribution is 7.10. The predicted molar refractivity (Wildman–Crippen MR) is 66.9 cm³/mol. The van der Waals surface area contributed by atoms with Crippen LogP contribution < -0.4 is 5.32 Å². The molecule has 0 bridgehead atoms. The second kappa shape index (κ2) is 5.07. The quantitative estimate of drug-likeness (QED) is 0.910. The summed E-state index contributed by atoms with van der Waals surface area (Å²) in [5.74, 6) is 0. The monoisotopic (exact) mass is 258 g/mol. The molecule has 15 heavy (non-hydrogen) atoms. The number of rotatable bonds is 4. The number of hydrogen-bond acceptors (Lipinski definition) is 4. The van der Waals surface area contributed by atoms with Gasteiger partial charge in [-0.2, -0.15) is 0 Å². The Hall–Kier alpha value is -0.420. The minimum Gasteiger partial charge on any atom is -0.312 e. The van der Waals surface area contributed by atoms with Gasteiger partial charge < -0.3 is 5.32 Å². The number of thiophene rings is 1. The number of nitrogens with zero attached hydrogens (tertiary/aromatic N) is 1. The summed E-state index contributed by atoms with van der Waals surface area (Å²) in [6, 6.07) is 2.21. The SMILES string of the molecule is CNC(Cc1nccs1)c1sccc1Cl. The molecule has 0 fully saturated rings. The first-order valence-electron chi connectivity index (χ1n) is 4.59. The number of nitrogens with one attached hydrogen (secondary N) is 1. The zero-order valence-corrected chi connectivity index (χ0v) is 10.6. The molecule has 1 atom stereocenters. The van der Waals surface area contributed by atoms with Crippen LogP contribution in [0.5, 0.6) is 0 Å². The molecule has 0 saturated heterocycles. The van der Waals surface area contributed by atoms with Crippen molar-refractivity contribution >= 4 is 34.3 Å². The summed E-state index contributed by atoms with van der Waals surface area (Å²) < 4.78 is 0. The Morgan fingerprint density at radius 1 is 1.47 bits per heavy atom. The molecule has 2 nitrogen and oxygen atoms in total. The van der Waals surface area contributed by atoms with E-state index in [1.54, 1.807) is 22.7 Å². The molecule has 2 rings (SSSR count). The van der Waals surface area contributed by atoms with Crippen LogP contribution in [0.4, 0.5) is 0 Å². The third-order valence-corrected chi connectivity index (χ3v) is 4.45. The molecule has 0 aliphatic heterocycles. The molecule has 2 aromatic rings. The molecule has 2 aromatic heterocycles. The lowest BCUT2D eigenvalue weighted by Gasteiger charge is -2.13. The van der Waals surface area contributed by atoms with E-state index < -0.39 is 0 Å². The minimum absolute atomic E-state index is 0.267. The van der Waals surface area contributed by atoms with Crippen LogP contribution in [0.25, 0.3) is 0 Å². The van der Waals surface area contributed by atoms with Crippen molar-refractivity contribution in [2.24, 2.45) is 0 Å². The lowest BCUT2D eigenvalue weighted by atomic mass is 10.2. The maximum Gasteiger partial charge on any atom is 0.0944 e. The summed E-state index contributed by atoms with van der Waals surface area (Å²) in [6.07, 6.45) is 2.73. The smallest absolute Gasteiger partial charge is 0.0944 e. The first-order valence-corrected chi connectivity index (χ1v) is 6.73. The van der Waals surface area contributed by atoms with Crippen molar-refractivity contribution in [2.45, 2.75) is 12.5 Å². The van der Waals surface area contributed by atoms with Crippen molar-refractivity contribution in [2.75, 3.05) is 7.05 Å². The van der Waals surface area contributed by atoms with Gasteiger partial charge in [0.05, 0.1) is 10.0 Å². The zero-order chi connectivity index (χ0) is 10.7. The van der Waals surface area contributed by atoms with Crippen molar-refractivity contribution in [3.8, 4) is 0 Å². The normalized spacial score (nSPS) is 12.9. The molecule has 5 heteroatoms. The molecular formula is C10H11ClN2S2. The van der Waals surface area contributed by atoms with Crippen molar-refractivity contribution in [3.63, 3.8) is 0 Å². The van der Waals surface area contributed by atoms with E-state index in [0.29, 0.717) is 0 Å². The summed E-state index contributed by atoms with van der Waals surface area (Å²) in [5.41, 5.74) is 0. The maximum atomic E-state index is 6.11. The van der Waals surface area contributed by atoms with Crippen LogP contribution in [-0.2, 0) is 6.42 Å². The first kappa shape index (κ1) is 11.1. The van der Waals surface area contributed by atoms with E-state index in [4.69, 9.17) is 11.6 Å². The zero-order valence-electron chi connectivity index (χ0n) is 8.24. The lowest BCUT2D eigenvalue weighted by Crippen LogP contribution is -2.17. The Balaban J connectivity index is 2.15. The predicted octanol–water partition coefficient (Wildman–Crippen LogP) is 3.36. The number of thiazole rings is 1. The Morgan fingerprint density at radius 3 is 2.87 bits per heavy atom. The van der Waals surface area contributed by atoms with Gasteiger partial charge in [-0.1, -0.05) is 11.6 Å². The fourth-order valence-electron chi connectivity index (χ4n) is 1.41. The highest BCUT2D eigenvalue weighted by atomic mass is 35.5. The summed E-state index contributed by atoms with van der Waals surface area (Å²) in [4.78, 5) is 5.47. The molecular weight excluding hydrogens is 248 g/mol. The Morgan fingerprint density at radius 2 is 2.33 bits per heavy atom. The summed E-state index contributed by atoms with van der Waals surface area (Å²) in [7, 11) is 1.95. The van der Waals surface area contributed by atoms with Gasteiger partial charge in [0.25, 0.3) is 0 Å². The fraction of sp³-hybridized carbons (Fsp3) is 0.300. The van der Waals surface area contributed by atoms with Crippen LogP contribution in [0.3, 0.4) is 0 Å². The lowest BCUT2D eigenvalue weighted by molar-refractivity contribution is 0.600. The van der Waals surface area contributed by atoms with Crippen LogP contribution in [0.1, 0.15) is 15.9 Å². The van der Waals surface area contributed by atoms with Crippen molar-refractivity contribution in [1.29, 1.82) is 0 Å². The summed E-state index contributed by atoms with van der Waals surface area (Å²) in [6.45, 7) is 0. The van der Waals surface area contributed by atoms with E-state index in [-0.39, 0.29) is 6.04 Å². The largest absolute Gasteiger partial charge is 0.312 e. The van der Waals surface area contributed by atoms with Crippen molar-refractivity contribution in [3.05, 3.63) is 37.9 Å². The van der Waals surface area contributed by atoms with Crippen LogP contribution in [0.2, 0.25) is 5.02 Å². The van der Waals surface area contributed by atoms with E-state index in [0.717, 1.165) is 16.5 Å². The first-order chi connectivity index (χ1) is 7.31. The average Bonchev–Trinajstić information content (AvgIpc) is 2.85. The molecule has 0 saturated carbocycles. The van der Waals surface area contributed by atoms with Gasteiger partial charge in [-0.15, -0.1) is 22.7 Å². The van der Waals surface area contributed by atoms with Gasteiger partial charge in [-0.3, -0.25) is 0 Å². The van der Waals surface area contributed by atoms with Crippen LogP contribution in [-0.4, -0.2) is 12.0 Å². The summed E-state index contributed by atoms with van der Waals surface area (Å²) >= 11 is 9.47. The highest BCUT2D eigenvalue weighted by Crippen LogP contribution is 2.30. The topological polar surface area (TPSA) is 24.9 Å². The van der Waals surface area contributed by atoms with E-state index in [1.165, 1.54) is 4.88 Å². The van der Waals surface area contributed by atoms with Crippen LogP contribution in [0, 0.1) is 0 Å². The van der Waals surface area contributed by atoms with E-state index in [1.807, 2.05) is 30.1 Å². The number of likely N-dealkylation sites (N-methyl/N-ethyl adjacent to an activating group) is 1. The third-order valence-electron chi connectivity index (χ3n) is 2.17. The van der Waals surface area contributed by atoms with E-state index in [9.17, 15) is 0 Å². The van der Waals surface area contributed by atoms with E-state index in [2.05, 4.69) is 10.3 Å². The standard InChI is InChI=1S/C10H11ClN2S2/c1-12-8(6-9-13-3-5-14-9)10-7(11)2-4-15-10/h2-5,8,12H,6H2,1H3. The van der Waals surface area contributed by atoms with Gasteiger partial charge in [0.15, 0.2) is 0 Å². The molecule has 1 unspecified atom stereocenters. The maximum absolute atomic E-state index is 6.11. The molecule has 2 heterocycles. The Labute approximate surface area is 102 Å². The highest BCUT2D eigenvalue weighted by Gasteiger charge is 2.15. The number of aromatic nitrogens is 1. The van der Waals surface area contributed by atoms with Gasteiger partial charge in [0.1, 0.15) is 0 Å². The number of hydrogen-bond donors (Lipinski definition) is 1.